The van der Waals surface area contributed by atoms with Gasteiger partial charge in [-0.15, -0.1) is 0 Å². The van der Waals surface area contributed by atoms with Crippen molar-refractivity contribution in [3.63, 3.8) is 0 Å². The summed E-state index contributed by atoms with van der Waals surface area (Å²) >= 11 is 0. The van der Waals surface area contributed by atoms with E-state index in [2.05, 4.69) is 16.0 Å². The largest absolute Gasteiger partial charge is 0.352 e. The number of hydrogen-bond donors (Lipinski definition) is 3. The highest BCUT2D eigenvalue weighted by atomic mass is 16.2. The average molecular weight is 291 g/mol. The molecule has 0 fully saturated rings. The van der Waals surface area contributed by atoms with E-state index < -0.39 is 5.91 Å². The maximum atomic E-state index is 11.8. The van der Waals surface area contributed by atoms with Gasteiger partial charge in [-0.2, -0.15) is 0 Å². The second-order valence-corrected chi connectivity index (χ2v) is 5.05. The first-order valence-electron chi connectivity index (χ1n) is 6.79. The van der Waals surface area contributed by atoms with Crippen LogP contribution in [0.15, 0.2) is 24.3 Å². The summed E-state index contributed by atoms with van der Waals surface area (Å²) in [6.07, 6.45) is 0. The molecule has 114 valence electrons. The molecule has 0 aliphatic rings. The van der Waals surface area contributed by atoms with Gasteiger partial charge in [-0.1, -0.05) is 17.7 Å². The summed E-state index contributed by atoms with van der Waals surface area (Å²) in [5.74, 6) is -0.987. The maximum absolute atomic E-state index is 11.8. The van der Waals surface area contributed by atoms with Crippen LogP contribution in [0.5, 0.6) is 0 Å². The van der Waals surface area contributed by atoms with Crippen molar-refractivity contribution in [2.24, 2.45) is 0 Å². The minimum atomic E-state index is -0.407. The van der Waals surface area contributed by atoms with Crippen LogP contribution in [0.4, 0.5) is 0 Å². The zero-order valence-electron chi connectivity index (χ0n) is 12.5. The zero-order valence-corrected chi connectivity index (χ0v) is 12.5. The molecule has 0 bridgehead atoms. The standard InChI is InChI=1S/C15H21N3O3/c1-10(2)18-14(20)9-16-13(19)8-17-15(21)12-6-4-5-11(3)7-12/h4-7,10H,8-9H2,1-3H3,(H,16,19)(H,17,21)(H,18,20). The van der Waals surface area contributed by atoms with E-state index in [1.54, 1.807) is 18.2 Å². The minimum absolute atomic E-state index is 0.0235. The molecule has 0 atom stereocenters. The normalized spacial score (nSPS) is 10.1. The van der Waals surface area contributed by atoms with Gasteiger partial charge in [0.15, 0.2) is 0 Å². The summed E-state index contributed by atoms with van der Waals surface area (Å²) in [7, 11) is 0. The molecule has 21 heavy (non-hydrogen) atoms. The molecule has 3 N–H and O–H groups in total. The Morgan fingerprint density at radius 3 is 2.33 bits per heavy atom. The molecule has 1 rings (SSSR count). The number of benzene rings is 1. The van der Waals surface area contributed by atoms with Gasteiger partial charge >= 0.3 is 0 Å². The minimum Gasteiger partial charge on any atom is -0.352 e. The van der Waals surface area contributed by atoms with Crippen LogP contribution in [-0.2, 0) is 9.59 Å². The van der Waals surface area contributed by atoms with Gasteiger partial charge in [0.05, 0.1) is 13.1 Å². The number of nitrogens with one attached hydrogen (secondary N) is 3. The van der Waals surface area contributed by atoms with Gasteiger partial charge in [0.2, 0.25) is 11.8 Å². The van der Waals surface area contributed by atoms with Crippen LogP contribution in [0.3, 0.4) is 0 Å². The fraction of sp³-hybridized carbons (Fsp3) is 0.400. The summed E-state index contributed by atoms with van der Waals surface area (Å²) in [5, 5.41) is 7.60. The van der Waals surface area contributed by atoms with E-state index in [1.807, 2.05) is 26.8 Å². The van der Waals surface area contributed by atoms with E-state index >= 15 is 0 Å². The van der Waals surface area contributed by atoms with E-state index in [0.29, 0.717) is 5.56 Å². The Morgan fingerprint density at radius 1 is 1.05 bits per heavy atom. The number of rotatable bonds is 6. The maximum Gasteiger partial charge on any atom is 0.251 e. The Hall–Kier alpha value is -2.37. The summed E-state index contributed by atoms with van der Waals surface area (Å²) in [6.45, 7) is 5.29. The van der Waals surface area contributed by atoms with Crippen molar-refractivity contribution in [1.82, 2.24) is 16.0 Å². The zero-order chi connectivity index (χ0) is 15.8. The van der Waals surface area contributed by atoms with Gasteiger partial charge in [0.1, 0.15) is 0 Å². The molecule has 0 aliphatic carbocycles. The van der Waals surface area contributed by atoms with Crippen LogP contribution in [0.25, 0.3) is 0 Å². The SMILES string of the molecule is Cc1cccc(C(=O)NCC(=O)NCC(=O)NC(C)C)c1. The van der Waals surface area contributed by atoms with Crippen LogP contribution in [0.1, 0.15) is 29.8 Å². The first-order chi connectivity index (χ1) is 9.88. The summed E-state index contributed by atoms with van der Waals surface area (Å²) in [5.41, 5.74) is 1.47. The monoisotopic (exact) mass is 291 g/mol. The molecule has 0 saturated carbocycles. The highest BCUT2D eigenvalue weighted by molar-refractivity contribution is 5.96. The number of hydrogen-bond acceptors (Lipinski definition) is 3. The van der Waals surface area contributed by atoms with Crippen molar-refractivity contribution in [2.75, 3.05) is 13.1 Å². The molecule has 0 aliphatic heterocycles. The highest BCUT2D eigenvalue weighted by Gasteiger charge is 2.09. The molecule has 3 amide bonds. The third-order valence-electron chi connectivity index (χ3n) is 2.59. The molecule has 0 heterocycles. The lowest BCUT2D eigenvalue weighted by molar-refractivity contribution is -0.125. The third kappa shape index (κ3) is 6.56. The highest BCUT2D eigenvalue weighted by Crippen LogP contribution is 2.03. The second-order valence-electron chi connectivity index (χ2n) is 5.05. The summed E-state index contributed by atoms with van der Waals surface area (Å²) in [4.78, 5) is 34.7. The lowest BCUT2D eigenvalue weighted by atomic mass is 10.1. The molecule has 0 saturated heterocycles. The summed E-state index contributed by atoms with van der Waals surface area (Å²) < 4.78 is 0. The fourth-order valence-electron chi connectivity index (χ4n) is 1.66. The van der Waals surface area contributed by atoms with Crippen molar-refractivity contribution in [3.8, 4) is 0 Å². The van der Waals surface area contributed by atoms with Crippen LogP contribution >= 0.6 is 0 Å². The van der Waals surface area contributed by atoms with Crippen molar-refractivity contribution in [2.45, 2.75) is 26.8 Å². The first kappa shape index (κ1) is 16.7. The smallest absolute Gasteiger partial charge is 0.251 e. The van der Waals surface area contributed by atoms with Gasteiger partial charge in [-0.3, -0.25) is 14.4 Å². The van der Waals surface area contributed by atoms with Crippen LogP contribution in [0.2, 0.25) is 0 Å². The van der Waals surface area contributed by atoms with E-state index in [4.69, 9.17) is 0 Å². The molecular weight excluding hydrogens is 270 g/mol. The second kappa shape index (κ2) is 8.04. The Bertz CT molecular complexity index is 527. The van der Waals surface area contributed by atoms with E-state index in [1.165, 1.54) is 0 Å². The quantitative estimate of drug-likeness (QED) is 0.707. The molecule has 6 heteroatoms. The third-order valence-corrected chi connectivity index (χ3v) is 2.59. The van der Waals surface area contributed by atoms with E-state index in [0.717, 1.165) is 5.56 Å². The van der Waals surface area contributed by atoms with Gasteiger partial charge in [0, 0.05) is 11.6 Å². The number of amides is 3. The molecular formula is C15H21N3O3. The number of aryl methyl sites for hydroxylation is 1. The molecule has 6 nitrogen and oxygen atoms in total. The lowest BCUT2D eigenvalue weighted by Gasteiger charge is -2.10. The van der Waals surface area contributed by atoms with Gasteiger partial charge in [-0.25, -0.2) is 0 Å². The number of carbonyl (C=O) groups is 3. The first-order valence-corrected chi connectivity index (χ1v) is 6.79. The summed E-state index contributed by atoms with van der Waals surface area (Å²) in [6, 6.07) is 7.10. The van der Waals surface area contributed by atoms with E-state index in [9.17, 15) is 14.4 Å². The predicted molar refractivity (Wildman–Crippen MR) is 79.8 cm³/mol. The van der Waals surface area contributed by atoms with Crippen LogP contribution in [-0.4, -0.2) is 36.9 Å². The van der Waals surface area contributed by atoms with Crippen LogP contribution < -0.4 is 16.0 Å². The molecule has 0 spiro atoms. The Kier molecular flexibility index (Phi) is 6.39. The Morgan fingerprint density at radius 2 is 1.71 bits per heavy atom. The molecule has 0 radical (unpaired) electrons. The van der Waals surface area contributed by atoms with Gasteiger partial charge in [0.25, 0.3) is 5.91 Å². The topological polar surface area (TPSA) is 87.3 Å². The van der Waals surface area contributed by atoms with E-state index in [-0.39, 0.29) is 30.9 Å². The van der Waals surface area contributed by atoms with Crippen molar-refractivity contribution in [1.29, 1.82) is 0 Å². The molecule has 0 unspecified atom stereocenters. The number of carbonyl (C=O) groups excluding carboxylic acids is 3. The predicted octanol–water partition coefficient (Wildman–Crippen LogP) is 0.366. The van der Waals surface area contributed by atoms with Crippen LogP contribution in [0, 0.1) is 6.92 Å². The molecule has 1 aromatic carbocycles. The van der Waals surface area contributed by atoms with Crippen molar-refractivity contribution >= 4 is 17.7 Å². The van der Waals surface area contributed by atoms with Gasteiger partial charge in [-0.05, 0) is 32.9 Å². The fourth-order valence-corrected chi connectivity index (χ4v) is 1.66. The molecule has 0 aromatic heterocycles. The van der Waals surface area contributed by atoms with Crippen molar-refractivity contribution < 1.29 is 14.4 Å². The molecule has 1 aromatic rings. The van der Waals surface area contributed by atoms with Gasteiger partial charge < -0.3 is 16.0 Å². The lowest BCUT2D eigenvalue weighted by Crippen LogP contribution is -2.43. The Balaban J connectivity index is 2.33. The van der Waals surface area contributed by atoms with Crippen molar-refractivity contribution in [3.05, 3.63) is 35.4 Å². The average Bonchev–Trinajstić information content (AvgIpc) is 2.41. The Labute approximate surface area is 124 Å².